The zero-order valence-electron chi connectivity index (χ0n) is 11.4. The van der Waals surface area contributed by atoms with Crippen LogP contribution in [0.1, 0.15) is 0 Å². The van der Waals surface area contributed by atoms with E-state index in [2.05, 4.69) is 10.3 Å². The van der Waals surface area contributed by atoms with Crippen molar-refractivity contribution in [3.63, 3.8) is 0 Å². The number of nitrogens with one attached hydrogen (secondary N) is 1. The number of aromatic nitrogens is 1. The Kier molecular flexibility index (Phi) is 3.31. The molecule has 0 aliphatic carbocycles. The number of hydrogen-bond donors (Lipinski definition) is 2. The smallest absolute Gasteiger partial charge is 0.145 e. The SMILES string of the molecule is COc1cc(F)ccc1Nc1ccc(N)c2cnccc12. The molecular weight excluding hydrogens is 269 g/mol. The lowest BCUT2D eigenvalue weighted by molar-refractivity contribution is 0.413. The maximum Gasteiger partial charge on any atom is 0.145 e. The van der Waals surface area contributed by atoms with Crippen LogP contribution in [0.3, 0.4) is 0 Å². The van der Waals surface area contributed by atoms with Crippen LogP contribution in [0.25, 0.3) is 10.8 Å². The Morgan fingerprint density at radius 2 is 1.90 bits per heavy atom. The molecule has 21 heavy (non-hydrogen) atoms. The molecule has 3 aromatic rings. The van der Waals surface area contributed by atoms with Crippen LogP contribution < -0.4 is 15.8 Å². The maximum atomic E-state index is 13.2. The first-order chi connectivity index (χ1) is 10.2. The maximum absolute atomic E-state index is 13.2. The minimum Gasteiger partial charge on any atom is -0.494 e. The van der Waals surface area contributed by atoms with Gasteiger partial charge in [-0.1, -0.05) is 0 Å². The molecule has 1 aromatic heterocycles. The van der Waals surface area contributed by atoms with Crippen LogP contribution in [0.2, 0.25) is 0 Å². The summed E-state index contributed by atoms with van der Waals surface area (Å²) in [7, 11) is 1.50. The van der Waals surface area contributed by atoms with E-state index in [1.807, 2.05) is 18.2 Å². The molecule has 0 fully saturated rings. The lowest BCUT2D eigenvalue weighted by atomic mass is 10.1. The number of anilines is 3. The van der Waals surface area contributed by atoms with Gasteiger partial charge in [0.15, 0.2) is 0 Å². The van der Waals surface area contributed by atoms with E-state index in [9.17, 15) is 4.39 Å². The predicted molar refractivity (Wildman–Crippen MR) is 82.4 cm³/mol. The van der Waals surface area contributed by atoms with Gasteiger partial charge in [0.05, 0.1) is 12.8 Å². The van der Waals surface area contributed by atoms with Gasteiger partial charge >= 0.3 is 0 Å². The van der Waals surface area contributed by atoms with Crippen molar-refractivity contribution < 1.29 is 9.13 Å². The van der Waals surface area contributed by atoms with E-state index in [-0.39, 0.29) is 5.82 Å². The summed E-state index contributed by atoms with van der Waals surface area (Å²) in [6.45, 7) is 0. The van der Waals surface area contributed by atoms with Crippen LogP contribution >= 0.6 is 0 Å². The second-order valence-electron chi connectivity index (χ2n) is 4.59. The second-order valence-corrected chi connectivity index (χ2v) is 4.59. The van der Waals surface area contributed by atoms with Gasteiger partial charge in [-0.2, -0.15) is 0 Å². The normalized spacial score (nSPS) is 10.6. The number of pyridine rings is 1. The Balaban J connectivity index is 2.09. The lowest BCUT2D eigenvalue weighted by Crippen LogP contribution is -1.97. The molecule has 0 spiro atoms. The van der Waals surface area contributed by atoms with Gasteiger partial charge in [0.2, 0.25) is 0 Å². The Bertz CT molecular complexity index is 805. The fourth-order valence-electron chi connectivity index (χ4n) is 2.23. The van der Waals surface area contributed by atoms with E-state index in [0.29, 0.717) is 17.1 Å². The number of halogens is 1. The zero-order chi connectivity index (χ0) is 14.8. The molecule has 3 rings (SSSR count). The summed E-state index contributed by atoms with van der Waals surface area (Å²) in [4.78, 5) is 4.09. The molecule has 0 radical (unpaired) electrons. The van der Waals surface area contributed by atoms with Gasteiger partial charge in [-0.05, 0) is 30.3 Å². The highest BCUT2D eigenvalue weighted by Crippen LogP contribution is 2.33. The van der Waals surface area contributed by atoms with Crippen molar-refractivity contribution in [1.82, 2.24) is 4.98 Å². The highest BCUT2D eigenvalue weighted by atomic mass is 19.1. The van der Waals surface area contributed by atoms with Crippen LogP contribution in [-0.2, 0) is 0 Å². The zero-order valence-corrected chi connectivity index (χ0v) is 11.4. The van der Waals surface area contributed by atoms with Crippen molar-refractivity contribution in [3.05, 3.63) is 54.6 Å². The number of nitrogen functional groups attached to an aromatic ring is 1. The monoisotopic (exact) mass is 283 g/mol. The Morgan fingerprint density at radius 1 is 1.10 bits per heavy atom. The molecule has 3 N–H and O–H groups in total. The van der Waals surface area contributed by atoms with Crippen LogP contribution in [0, 0.1) is 5.82 Å². The van der Waals surface area contributed by atoms with Gasteiger partial charge in [0.1, 0.15) is 11.6 Å². The van der Waals surface area contributed by atoms with Gasteiger partial charge < -0.3 is 15.8 Å². The van der Waals surface area contributed by atoms with Gasteiger partial charge in [-0.15, -0.1) is 0 Å². The molecule has 0 atom stereocenters. The van der Waals surface area contributed by atoms with E-state index in [1.165, 1.54) is 19.2 Å². The molecule has 5 heteroatoms. The van der Waals surface area contributed by atoms with Gasteiger partial charge in [0, 0.05) is 40.6 Å². The fraction of sp³-hybridized carbons (Fsp3) is 0.0625. The molecule has 106 valence electrons. The van der Waals surface area contributed by atoms with Crippen LogP contribution in [0.5, 0.6) is 5.75 Å². The molecule has 0 aliphatic rings. The average Bonchev–Trinajstić information content (AvgIpc) is 2.52. The third kappa shape index (κ3) is 2.45. The van der Waals surface area contributed by atoms with Crippen LogP contribution in [-0.4, -0.2) is 12.1 Å². The first-order valence-corrected chi connectivity index (χ1v) is 6.42. The standard InChI is InChI=1S/C16H14FN3O/c1-21-16-8-10(17)2-4-15(16)20-14-5-3-13(18)12-9-19-7-6-11(12)14/h2-9,20H,18H2,1H3. The number of ether oxygens (including phenoxy) is 1. The summed E-state index contributed by atoms with van der Waals surface area (Å²) < 4.78 is 18.4. The number of methoxy groups -OCH3 is 1. The molecule has 4 nitrogen and oxygen atoms in total. The Morgan fingerprint density at radius 3 is 2.71 bits per heavy atom. The van der Waals surface area contributed by atoms with E-state index in [0.717, 1.165) is 16.5 Å². The number of benzene rings is 2. The van der Waals surface area contributed by atoms with Crippen LogP contribution in [0.4, 0.5) is 21.5 Å². The first-order valence-electron chi connectivity index (χ1n) is 6.42. The average molecular weight is 283 g/mol. The predicted octanol–water partition coefficient (Wildman–Crippen LogP) is 3.71. The molecule has 0 saturated heterocycles. The van der Waals surface area contributed by atoms with Crippen molar-refractivity contribution in [2.24, 2.45) is 0 Å². The quantitative estimate of drug-likeness (QED) is 0.719. The molecule has 2 aromatic carbocycles. The molecule has 0 aliphatic heterocycles. The lowest BCUT2D eigenvalue weighted by Gasteiger charge is -2.14. The van der Waals surface area contributed by atoms with Gasteiger partial charge in [-0.25, -0.2) is 4.39 Å². The summed E-state index contributed by atoms with van der Waals surface area (Å²) in [5.74, 6) is 0.0952. The number of rotatable bonds is 3. The molecule has 1 heterocycles. The van der Waals surface area contributed by atoms with Crippen molar-refractivity contribution in [3.8, 4) is 5.75 Å². The van der Waals surface area contributed by atoms with Gasteiger partial charge in [0.25, 0.3) is 0 Å². The molecule has 0 saturated carbocycles. The number of nitrogens with zero attached hydrogens (tertiary/aromatic N) is 1. The fourth-order valence-corrected chi connectivity index (χ4v) is 2.23. The number of nitrogens with two attached hydrogens (primary N) is 1. The van der Waals surface area contributed by atoms with Crippen molar-refractivity contribution in [1.29, 1.82) is 0 Å². The summed E-state index contributed by atoms with van der Waals surface area (Å²) in [5, 5.41) is 5.05. The third-order valence-corrected chi connectivity index (χ3v) is 3.28. The van der Waals surface area contributed by atoms with E-state index < -0.39 is 0 Å². The summed E-state index contributed by atoms with van der Waals surface area (Å²) in [6, 6.07) is 9.92. The summed E-state index contributed by atoms with van der Waals surface area (Å²) in [5.41, 5.74) is 8.15. The van der Waals surface area contributed by atoms with Crippen molar-refractivity contribution in [2.45, 2.75) is 0 Å². The second kappa shape index (κ2) is 5.28. The summed E-state index contributed by atoms with van der Waals surface area (Å²) >= 11 is 0. The van der Waals surface area contributed by atoms with E-state index in [1.54, 1.807) is 18.5 Å². The highest BCUT2D eigenvalue weighted by molar-refractivity contribution is 6.01. The number of fused-ring (bicyclic) bond motifs is 1. The van der Waals surface area contributed by atoms with Crippen LogP contribution in [0.15, 0.2) is 48.8 Å². The Labute approximate surface area is 121 Å². The molecule has 0 unspecified atom stereocenters. The topological polar surface area (TPSA) is 60.2 Å². The molecule has 0 bridgehead atoms. The Hall–Kier alpha value is -2.82. The largest absolute Gasteiger partial charge is 0.494 e. The van der Waals surface area contributed by atoms with Gasteiger partial charge in [-0.3, -0.25) is 4.98 Å². The van der Waals surface area contributed by atoms with Crippen molar-refractivity contribution >= 4 is 27.8 Å². The van der Waals surface area contributed by atoms with E-state index in [4.69, 9.17) is 10.5 Å². The van der Waals surface area contributed by atoms with Crippen molar-refractivity contribution in [2.75, 3.05) is 18.2 Å². The summed E-state index contributed by atoms with van der Waals surface area (Å²) in [6.07, 6.45) is 3.42. The van der Waals surface area contributed by atoms with E-state index >= 15 is 0 Å². The number of hydrogen-bond acceptors (Lipinski definition) is 4. The minimum absolute atomic E-state index is 0.344. The highest BCUT2D eigenvalue weighted by Gasteiger charge is 2.08. The third-order valence-electron chi connectivity index (χ3n) is 3.28. The molecular formula is C16H14FN3O. The molecule has 0 amide bonds. The first kappa shape index (κ1) is 13.2. The minimum atomic E-state index is -0.344.